The highest BCUT2D eigenvalue weighted by atomic mass is 16.4. The Morgan fingerprint density at radius 1 is 0.773 bits per heavy atom. The van der Waals surface area contributed by atoms with E-state index in [1.807, 2.05) is 0 Å². The summed E-state index contributed by atoms with van der Waals surface area (Å²) in [7, 11) is 0. The van der Waals surface area contributed by atoms with Gasteiger partial charge in [-0.15, -0.1) is 0 Å². The van der Waals surface area contributed by atoms with Crippen molar-refractivity contribution in [3.63, 3.8) is 0 Å². The zero-order valence-corrected chi connectivity index (χ0v) is 13.7. The molecule has 0 aromatic carbocycles. The number of carboxylic acids is 2. The fourth-order valence-electron chi connectivity index (χ4n) is 1.42. The fourth-order valence-corrected chi connectivity index (χ4v) is 1.42. The van der Waals surface area contributed by atoms with Gasteiger partial charge in [0, 0.05) is 25.9 Å². The number of carbonyl (C=O) groups excluding carboxylic acids is 1. The summed E-state index contributed by atoms with van der Waals surface area (Å²) in [6.45, 7) is 5.05. The highest BCUT2D eigenvalue weighted by Gasteiger charge is 1.99. The second-order valence-corrected chi connectivity index (χ2v) is 4.84. The van der Waals surface area contributed by atoms with Crippen LogP contribution in [0.25, 0.3) is 0 Å². The van der Waals surface area contributed by atoms with Crippen LogP contribution in [0.5, 0.6) is 0 Å². The number of unbranched alkanes of at least 4 members (excludes halogenated alkanes) is 4. The van der Waals surface area contributed by atoms with Gasteiger partial charge in [-0.25, -0.2) is 4.79 Å². The first-order valence-electron chi connectivity index (χ1n) is 7.89. The molecule has 0 aliphatic heterocycles. The van der Waals surface area contributed by atoms with Crippen LogP contribution in [0.4, 0.5) is 4.79 Å². The van der Waals surface area contributed by atoms with Crippen molar-refractivity contribution in [3.8, 4) is 0 Å². The molecule has 130 valence electrons. The normalized spacial score (nSPS) is 9.36. The van der Waals surface area contributed by atoms with Crippen LogP contribution in [0.3, 0.4) is 0 Å². The number of hydrogen-bond acceptors (Lipinski definition) is 3. The summed E-state index contributed by atoms with van der Waals surface area (Å²) in [6, 6.07) is -0.126. The quantitative estimate of drug-likeness (QED) is 0.437. The van der Waals surface area contributed by atoms with Crippen LogP contribution in [-0.4, -0.2) is 41.3 Å². The van der Waals surface area contributed by atoms with E-state index < -0.39 is 11.9 Å². The number of carbonyl (C=O) groups is 3. The molecular weight excluding hydrogens is 288 g/mol. The monoisotopic (exact) mass is 318 g/mol. The first-order chi connectivity index (χ1) is 10.4. The number of aliphatic carboxylic acids is 2. The summed E-state index contributed by atoms with van der Waals surface area (Å²) in [5, 5.41) is 21.7. The SMILES string of the molecule is CCC(=O)O.CCCCCNC(=O)NCCCCCC(=O)O. The highest BCUT2D eigenvalue weighted by Crippen LogP contribution is 1.98. The molecule has 0 unspecified atom stereocenters. The van der Waals surface area contributed by atoms with Crippen LogP contribution < -0.4 is 10.6 Å². The van der Waals surface area contributed by atoms with E-state index in [1.165, 1.54) is 0 Å². The first-order valence-corrected chi connectivity index (χ1v) is 7.89. The maximum atomic E-state index is 11.2. The molecule has 0 spiro atoms. The zero-order valence-electron chi connectivity index (χ0n) is 13.7. The van der Waals surface area contributed by atoms with Crippen LogP contribution in [-0.2, 0) is 9.59 Å². The Hall–Kier alpha value is -1.79. The van der Waals surface area contributed by atoms with Crippen molar-refractivity contribution in [1.82, 2.24) is 10.6 Å². The average molecular weight is 318 g/mol. The van der Waals surface area contributed by atoms with E-state index in [9.17, 15) is 14.4 Å². The van der Waals surface area contributed by atoms with Gasteiger partial charge in [0.1, 0.15) is 0 Å². The van der Waals surface area contributed by atoms with E-state index in [4.69, 9.17) is 10.2 Å². The number of amides is 2. The van der Waals surface area contributed by atoms with Gasteiger partial charge in [-0.3, -0.25) is 9.59 Å². The summed E-state index contributed by atoms with van der Waals surface area (Å²) in [5.74, 6) is -1.50. The lowest BCUT2D eigenvalue weighted by atomic mass is 10.2. The summed E-state index contributed by atoms with van der Waals surface area (Å²) in [4.78, 5) is 30.8. The zero-order chi connectivity index (χ0) is 17.2. The molecule has 22 heavy (non-hydrogen) atoms. The standard InChI is InChI=1S/C12H24N2O3.C3H6O2/c1-2-3-6-9-13-12(17)14-10-7-4-5-8-11(15)16;1-2-3(4)5/h2-10H2,1H3,(H,15,16)(H2,13,14,17);2H2,1H3,(H,4,5). The van der Waals surface area contributed by atoms with Crippen LogP contribution in [0, 0.1) is 0 Å². The molecule has 0 aromatic rings. The molecule has 0 atom stereocenters. The molecule has 0 fully saturated rings. The summed E-state index contributed by atoms with van der Waals surface area (Å²) < 4.78 is 0. The van der Waals surface area contributed by atoms with Crippen LogP contribution in [0.2, 0.25) is 0 Å². The molecule has 0 aliphatic rings. The Labute approximate surface area is 132 Å². The number of nitrogens with one attached hydrogen (secondary N) is 2. The minimum Gasteiger partial charge on any atom is -0.481 e. The maximum absolute atomic E-state index is 11.2. The second kappa shape index (κ2) is 17.3. The lowest BCUT2D eigenvalue weighted by molar-refractivity contribution is -0.137. The summed E-state index contributed by atoms with van der Waals surface area (Å²) >= 11 is 0. The molecule has 0 saturated carbocycles. The third-order valence-electron chi connectivity index (χ3n) is 2.72. The van der Waals surface area contributed by atoms with Crippen molar-refractivity contribution < 1.29 is 24.6 Å². The van der Waals surface area contributed by atoms with Crippen molar-refractivity contribution in [3.05, 3.63) is 0 Å². The molecule has 0 radical (unpaired) electrons. The molecule has 4 N–H and O–H groups in total. The molecule has 0 aromatic heterocycles. The smallest absolute Gasteiger partial charge is 0.314 e. The number of carboxylic acid groups (broad SMARTS) is 2. The molecular formula is C15H30N2O5. The Kier molecular flexibility index (Phi) is 17.6. The average Bonchev–Trinajstić information content (AvgIpc) is 2.47. The van der Waals surface area contributed by atoms with Crippen molar-refractivity contribution in [1.29, 1.82) is 0 Å². The van der Waals surface area contributed by atoms with Gasteiger partial charge in [-0.1, -0.05) is 33.1 Å². The van der Waals surface area contributed by atoms with Gasteiger partial charge in [0.25, 0.3) is 0 Å². The van der Waals surface area contributed by atoms with Gasteiger partial charge >= 0.3 is 18.0 Å². The van der Waals surface area contributed by atoms with Crippen molar-refractivity contribution in [2.45, 2.75) is 65.2 Å². The number of rotatable bonds is 11. The Balaban J connectivity index is 0. The Morgan fingerprint density at radius 3 is 1.68 bits per heavy atom. The molecule has 0 heterocycles. The maximum Gasteiger partial charge on any atom is 0.314 e. The lowest BCUT2D eigenvalue weighted by Crippen LogP contribution is -2.36. The van der Waals surface area contributed by atoms with Gasteiger partial charge in [0.2, 0.25) is 0 Å². The number of urea groups is 1. The van der Waals surface area contributed by atoms with E-state index >= 15 is 0 Å². The predicted molar refractivity (Wildman–Crippen MR) is 85.0 cm³/mol. The van der Waals surface area contributed by atoms with Gasteiger partial charge in [-0.05, 0) is 19.3 Å². The van der Waals surface area contributed by atoms with Crippen LogP contribution in [0.15, 0.2) is 0 Å². The Bertz CT molecular complexity index is 308. The van der Waals surface area contributed by atoms with Crippen molar-refractivity contribution in [2.24, 2.45) is 0 Å². The third kappa shape index (κ3) is 23.3. The minimum absolute atomic E-state index is 0.126. The third-order valence-corrected chi connectivity index (χ3v) is 2.72. The lowest BCUT2D eigenvalue weighted by Gasteiger charge is -2.06. The second-order valence-electron chi connectivity index (χ2n) is 4.84. The fraction of sp³-hybridized carbons (Fsp3) is 0.800. The number of hydrogen-bond donors (Lipinski definition) is 4. The largest absolute Gasteiger partial charge is 0.481 e. The van der Waals surface area contributed by atoms with Crippen molar-refractivity contribution >= 4 is 18.0 Å². The van der Waals surface area contributed by atoms with Gasteiger partial charge < -0.3 is 20.8 Å². The molecule has 0 bridgehead atoms. The Morgan fingerprint density at radius 2 is 1.27 bits per heavy atom. The van der Waals surface area contributed by atoms with E-state index in [0.29, 0.717) is 13.0 Å². The van der Waals surface area contributed by atoms with Crippen molar-refractivity contribution in [2.75, 3.05) is 13.1 Å². The first kappa shape index (κ1) is 22.5. The highest BCUT2D eigenvalue weighted by molar-refractivity contribution is 5.73. The molecule has 7 nitrogen and oxygen atoms in total. The molecule has 7 heteroatoms. The van der Waals surface area contributed by atoms with Crippen LogP contribution >= 0.6 is 0 Å². The van der Waals surface area contributed by atoms with E-state index in [2.05, 4.69) is 17.6 Å². The van der Waals surface area contributed by atoms with E-state index in [1.54, 1.807) is 6.92 Å². The minimum atomic E-state index is -0.758. The van der Waals surface area contributed by atoms with Gasteiger partial charge in [-0.2, -0.15) is 0 Å². The summed E-state index contributed by atoms with van der Waals surface area (Å²) in [6.07, 6.45) is 6.07. The molecule has 0 rings (SSSR count). The molecule has 0 aliphatic carbocycles. The predicted octanol–water partition coefficient (Wildman–Crippen LogP) is 2.60. The summed E-state index contributed by atoms with van der Waals surface area (Å²) in [5.41, 5.74) is 0. The molecule has 2 amide bonds. The topological polar surface area (TPSA) is 116 Å². The van der Waals surface area contributed by atoms with Crippen LogP contribution in [0.1, 0.15) is 65.2 Å². The molecule has 0 saturated heterocycles. The van der Waals surface area contributed by atoms with Gasteiger partial charge in [0.05, 0.1) is 0 Å². The van der Waals surface area contributed by atoms with E-state index in [0.717, 1.165) is 38.6 Å². The van der Waals surface area contributed by atoms with E-state index in [-0.39, 0.29) is 18.9 Å². The van der Waals surface area contributed by atoms with Gasteiger partial charge in [0.15, 0.2) is 0 Å².